The van der Waals surface area contributed by atoms with Gasteiger partial charge in [0.1, 0.15) is 0 Å². The molecular formula is C20H35Cl2N3O. The van der Waals surface area contributed by atoms with Crippen LogP contribution in [0.1, 0.15) is 44.2 Å². The third-order valence-electron chi connectivity index (χ3n) is 5.17. The second kappa shape index (κ2) is 13.4. The van der Waals surface area contributed by atoms with Crippen LogP contribution in [0.15, 0.2) is 24.3 Å². The molecule has 1 saturated heterocycles. The number of carbonyl (C=O) groups excluding carboxylic acids is 1. The maximum absolute atomic E-state index is 12.2. The number of nitrogens with one attached hydrogen (secondary N) is 2. The van der Waals surface area contributed by atoms with Crippen molar-refractivity contribution in [3.8, 4) is 0 Å². The molecule has 1 aromatic carbocycles. The molecule has 1 aliphatic rings. The van der Waals surface area contributed by atoms with Gasteiger partial charge in [-0.15, -0.1) is 24.8 Å². The summed E-state index contributed by atoms with van der Waals surface area (Å²) in [5, 5.41) is 6.48. The van der Waals surface area contributed by atoms with Crippen LogP contribution in [0.25, 0.3) is 0 Å². The normalized spacial score (nSPS) is 15.7. The smallest absolute Gasteiger partial charge is 0.220 e. The summed E-state index contributed by atoms with van der Waals surface area (Å²) in [4.78, 5) is 14.5. The first kappa shape index (κ1) is 25.2. The first-order valence-corrected chi connectivity index (χ1v) is 9.32. The second-order valence-electron chi connectivity index (χ2n) is 7.20. The molecule has 26 heavy (non-hydrogen) atoms. The van der Waals surface area contributed by atoms with Crippen LogP contribution in [-0.4, -0.2) is 37.5 Å². The van der Waals surface area contributed by atoms with Gasteiger partial charge >= 0.3 is 0 Å². The summed E-state index contributed by atoms with van der Waals surface area (Å²) in [7, 11) is 2.12. The predicted octanol–water partition coefficient (Wildman–Crippen LogP) is 3.62. The first-order chi connectivity index (χ1) is 11.6. The van der Waals surface area contributed by atoms with Gasteiger partial charge in [-0.05, 0) is 62.5 Å². The van der Waals surface area contributed by atoms with Gasteiger partial charge in [0.15, 0.2) is 0 Å². The molecule has 1 aliphatic heterocycles. The highest BCUT2D eigenvalue weighted by Gasteiger charge is 2.21. The number of amides is 1. The molecule has 150 valence electrons. The molecule has 0 radical (unpaired) electrons. The zero-order valence-corrected chi connectivity index (χ0v) is 17.9. The van der Waals surface area contributed by atoms with E-state index in [-0.39, 0.29) is 30.7 Å². The van der Waals surface area contributed by atoms with Crippen molar-refractivity contribution in [3.05, 3.63) is 35.4 Å². The van der Waals surface area contributed by atoms with Crippen molar-refractivity contribution < 1.29 is 4.79 Å². The lowest BCUT2D eigenvalue weighted by Crippen LogP contribution is -2.33. The van der Waals surface area contributed by atoms with E-state index >= 15 is 0 Å². The minimum absolute atomic E-state index is 0. The number of nitrogens with zero attached hydrogens (tertiary/aromatic N) is 1. The van der Waals surface area contributed by atoms with E-state index in [1.165, 1.54) is 24.0 Å². The van der Waals surface area contributed by atoms with Gasteiger partial charge in [0.05, 0.1) is 0 Å². The van der Waals surface area contributed by atoms with Crippen LogP contribution in [0.5, 0.6) is 0 Å². The van der Waals surface area contributed by atoms with Gasteiger partial charge in [0, 0.05) is 19.5 Å². The largest absolute Gasteiger partial charge is 0.352 e. The quantitative estimate of drug-likeness (QED) is 0.696. The fraction of sp³-hybridized carbons (Fsp3) is 0.650. The zero-order valence-electron chi connectivity index (χ0n) is 16.3. The fourth-order valence-electron chi connectivity index (χ4n) is 3.41. The number of carbonyl (C=O) groups is 1. The number of piperidine rings is 1. The summed E-state index contributed by atoms with van der Waals surface area (Å²) in [6, 6.07) is 8.52. The molecule has 1 unspecified atom stereocenters. The van der Waals surface area contributed by atoms with Crippen LogP contribution >= 0.6 is 24.8 Å². The molecule has 1 amide bonds. The number of hydrogen-bond donors (Lipinski definition) is 2. The van der Waals surface area contributed by atoms with Crippen LogP contribution in [0, 0.1) is 11.8 Å². The molecule has 0 saturated carbocycles. The standard InChI is InChI=1S/C20H33N3O.2ClH/c1-4-23(3)15-18-7-5-6-17(13-18)14-22-20(24)12-16(2)19-8-10-21-11-9-19;;/h5-7,13,16,19,21H,4,8-12,14-15H2,1-3H3,(H,22,24);2*1H. The molecule has 0 spiro atoms. The Morgan fingerprint density at radius 2 is 1.92 bits per heavy atom. The molecule has 2 rings (SSSR count). The van der Waals surface area contributed by atoms with Gasteiger partial charge in [-0.2, -0.15) is 0 Å². The van der Waals surface area contributed by atoms with E-state index in [0.717, 1.165) is 26.2 Å². The third-order valence-corrected chi connectivity index (χ3v) is 5.17. The first-order valence-electron chi connectivity index (χ1n) is 9.32. The van der Waals surface area contributed by atoms with Crippen molar-refractivity contribution >= 4 is 30.7 Å². The monoisotopic (exact) mass is 403 g/mol. The molecule has 1 atom stereocenters. The molecule has 6 heteroatoms. The number of halogens is 2. The van der Waals surface area contributed by atoms with E-state index in [9.17, 15) is 4.79 Å². The van der Waals surface area contributed by atoms with Gasteiger partial charge in [0.25, 0.3) is 0 Å². The van der Waals surface area contributed by atoms with Crippen LogP contribution in [-0.2, 0) is 17.9 Å². The number of benzene rings is 1. The molecule has 4 nitrogen and oxygen atoms in total. The van der Waals surface area contributed by atoms with Crippen LogP contribution in [0.3, 0.4) is 0 Å². The topological polar surface area (TPSA) is 44.4 Å². The SMILES string of the molecule is CCN(C)Cc1cccc(CNC(=O)CC(C)C2CCNCC2)c1.Cl.Cl. The molecule has 0 aromatic heterocycles. The average molecular weight is 404 g/mol. The van der Waals surface area contributed by atoms with Gasteiger partial charge in [0.2, 0.25) is 5.91 Å². The molecule has 0 aliphatic carbocycles. The van der Waals surface area contributed by atoms with Gasteiger partial charge in [-0.25, -0.2) is 0 Å². The maximum Gasteiger partial charge on any atom is 0.220 e. The highest BCUT2D eigenvalue weighted by atomic mass is 35.5. The Morgan fingerprint density at radius 1 is 1.27 bits per heavy atom. The van der Waals surface area contributed by atoms with Crippen molar-refractivity contribution in [1.82, 2.24) is 15.5 Å². The van der Waals surface area contributed by atoms with Crippen LogP contribution < -0.4 is 10.6 Å². The summed E-state index contributed by atoms with van der Waals surface area (Å²) in [6.07, 6.45) is 3.03. The highest BCUT2D eigenvalue weighted by molar-refractivity contribution is 5.85. The summed E-state index contributed by atoms with van der Waals surface area (Å²) < 4.78 is 0. The third kappa shape index (κ3) is 8.72. The Morgan fingerprint density at radius 3 is 2.58 bits per heavy atom. The predicted molar refractivity (Wildman–Crippen MR) is 114 cm³/mol. The van der Waals surface area contributed by atoms with Crippen molar-refractivity contribution in [2.24, 2.45) is 11.8 Å². The van der Waals surface area contributed by atoms with Gasteiger partial charge in [-0.3, -0.25) is 4.79 Å². The molecule has 0 bridgehead atoms. The van der Waals surface area contributed by atoms with E-state index in [1.54, 1.807) is 0 Å². The molecule has 2 N–H and O–H groups in total. The fourth-order valence-corrected chi connectivity index (χ4v) is 3.41. The average Bonchev–Trinajstić information content (AvgIpc) is 2.61. The van der Waals surface area contributed by atoms with E-state index in [0.29, 0.717) is 24.8 Å². The van der Waals surface area contributed by atoms with Crippen molar-refractivity contribution in [1.29, 1.82) is 0 Å². The lowest BCUT2D eigenvalue weighted by molar-refractivity contribution is -0.122. The van der Waals surface area contributed by atoms with Crippen molar-refractivity contribution in [2.45, 2.75) is 46.2 Å². The molecule has 1 heterocycles. The highest BCUT2D eigenvalue weighted by Crippen LogP contribution is 2.24. The van der Waals surface area contributed by atoms with Gasteiger partial charge in [-0.1, -0.05) is 38.1 Å². The van der Waals surface area contributed by atoms with E-state index in [2.05, 4.69) is 60.7 Å². The lowest BCUT2D eigenvalue weighted by Gasteiger charge is -2.27. The summed E-state index contributed by atoms with van der Waals surface area (Å²) >= 11 is 0. The number of hydrogen-bond acceptors (Lipinski definition) is 3. The maximum atomic E-state index is 12.2. The molecule has 1 fully saturated rings. The van der Waals surface area contributed by atoms with E-state index in [1.807, 2.05) is 0 Å². The van der Waals surface area contributed by atoms with Crippen LogP contribution in [0.2, 0.25) is 0 Å². The minimum atomic E-state index is 0. The van der Waals surface area contributed by atoms with E-state index in [4.69, 9.17) is 0 Å². The summed E-state index contributed by atoms with van der Waals surface area (Å²) in [6.45, 7) is 9.18. The van der Waals surface area contributed by atoms with Gasteiger partial charge < -0.3 is 15.5 Å². The Kier molecular flexibility index (Phi) is 13.0. The molecule has 1 aromatic rings. The minimum Gasteiger partial charge on any atom is -0.352 e. The Balaban J connectivity index is 0.00000312. The summed E-state index contributed by atoms with van der Waals surface area (Å²) in [5.41, 5.74) is 2.48. The van der Waals surface area contributed by atoms with E-state index < -0.39 is 0 Å². The Bertz CT molecular complexity index is 522. The Labute approximate surface area is 171 Å². The zero-order chi connectivity index (χ0) is 17.4. The Hall–Kier alpha value is -0.810. The second-order valence-corrected chi connectivity index (χ2v) is 7.20. The molecular weight excluding hydrogens is 369 g/mol. The lowest BCUT2D eigenvalue weighted by atomic mass is 9.84. The van der Waals surface area contributed by atoms with Crippen molar-refractivity contribution in [3.63, 3.8) is 0 Å². The number of rotatable bonds is 8. The van der Waals surface area contributed by atoms with Crippen LogP contribution in [0.4, 0.5) is 0 Å². The van der Waals surface area contributed by atoms with Crippen molar-refractivity contribution in [2.75, 3.05) is 26.7 Å². The summed E-state index contributed by atoms with van der Waals surface area (Å²) in [5.74, 6) is 1.33.